The predicted octanol–water partition coefficient (Wildman–Crippen LogP) is 5.42. The Hall–Kier alpha value is -5.78. The maximum atomic E-state index is 12.1. The van der Waals surface area contributed by atoms with Crippen LogP contribution in [0.2, 0.25) is 0 Å². The SMILES string of the molecule is COc1cc(C2CC(=O)Oc3cc(O)cc(OC)c32)cc(OC)c1OC.COc1ccc(C2CC(=O)Oc3cc(O)ccc32)cc1O. The van der Waals surface area contributed by atoms with Crippen LogP contribution in [-0.4, -0.2) is 62.8 Å². The summed E-state index contributed by atoms with van der Waals surface area (Å²) in [7, 11) is 7.56. The highest BCUT2D eigenvalue weighted by atomic mass is 16.5. The quantitative estimate of drug-likeness (QED) is 0.173. The van der Waals surface area contributed by atoms with Gasteiger partial charge >= 0.3 is 11.9 Å². The summed E-state index contributed by atoms with van der Waals surface area (Å²) < 4.78 is 37.0. The van der Waals surface area contributed by atoms with Gasteiger partial charge in [-0.1, -0.05) is 12.1 Å². The molecule has 3 N–H and O–H groups in total. The average molecular weight is 647 g/mol. The number of carbonyl (C=O) groups is 2. The Morgan fingerprint density at radius 1 is 0.574 bits per heavy atom. The van der Waals surface area contributed by atoms with Crippen molar-refractivity contribution >= 4 is 11.9 Å². The molecule has 2 aliphatic rings. The number of phenolic OH excluding ortho intramolecular Hbond substituents is 3. The van der Waals surface area contributed by atoms with E-state index in [0.29, 0.717) is 40.1 Å². The van der Waals surface area contributed by atoms with Crippen LogP contribution in [-0.2, 0) is 9.59 Å². The van der Waals surface area contributed by atoms with Crippen LogP contribution < -0.4 is 33.2 Å². The zero-order chi connectivity index (χ0) is 33.8. The zero-order valence-electron chi connectivity index (χ0n) is 26.4. The van der Waals surface area contributed by atoms with Gasteiger partial charge in [-0.05, 0) is 41.5 Å². The first-order chi connectivity index (χ1) is 22.6. The Balaban J connectivity index is 0.000000189. The number of esters is 2. The third-order valence-corrected chi connectivity index (χ3v) is 7.91. The topological polar surface area (TPSA) is 159 Å². The van der Waals surface area contributed by atoms with Gasteiger partial charge in [-0.3, -0.25) is 9.59 Å². The molecule has 0 radical (unpaired) electrons. The van der Waals surface area contributed by atoms with E-state index in [1.165, 1.54) is 53.7 Å². The Morgan fingerprint density at radius 2 is 1.17 bits per heavy atom. The molecule has 0 saturated heterocycles. The van der Waals surface area contributed by atoms with E-state index in [-0.39, 0.29) is 53.6 Å². The van der Waals surface area contributed by atoms with E-state index in [4.69, 9.17) is 33.2 Å². The molecule has 2 aliphatic heterocycles. The Morgan fingerprint density at radius 3 is 1.77 bits per heavy atom. The molecule has 0 aromatic heterocycles. The molecule has 12 heteroatoms. The monoisotopic (exact) mass is 646 g/mol. The fourth-order valence-electron chi connectivity index (χ4n) is 5.77. The molecule has 0 saturated carbocycles. The van der Waals surface area contributed by atoms with E-state index in [1.807, 2.05) is 0 Å². The number of hydrogen-bond acceptors (Lipinski definition) is 12. The fraction of sp³-hybridized carbons (Fsp3) is 0.257. The van der Waals surface area contributed by atoms with Crippen LogP contribution in [0.5, 0.6) is 57.5 Å². The van der Waals surface area contributed by atoms with E-state index in [1.54, 1.807) is 42.5 Å². The summed E-state index contributed by atoms with van der Waals surface area (Å²) in [5.74, 6) is 1.56. The molecule has 0 amide bonds. The molecule has 4 aromatic carbocycles. The smallest absolute Gasteiger partial charge is 0.312 e. The number of aromatic hydroxyl groups is 3. The molecule has 2 atom stereocenters. The normalized spacial score (nSPS) is 16.3. The number of ether oxygens (including phenoxy) is 7. The Labute approximate surface area is 270 Å². The van der Waals surface area contributed by atoms with Crippen LogP contribution in [0.1, 0.15) is 46.9 Å². The zero-order valence-corrected chi connectivity index (χ0v) is 26.4. The number of hydrogen-bond donors (Lipinski definition) is 3. The van der Waals surface area contributed by atoms with E-state index in [0.717, 1.165) is 16.7 Å². The first kappa shape index (κ1) is 32.6. The lowest BCUT2D eigenvalue weighted by Gasteiger charge is -2.27. The number of fused-ring (bicyclic) bond motifs is 2. The highest BCUT2D eigenvalue weighted by Gasteiger charge is 2.34. The van der Waals surface area contributed by atoms with Crippen molar-refractivity contribution in [1.82, 2.24) is 0 Å². The molecule has 0 fully saturated rings. The van der Waals surface area contributed by atoms with E-state index in [2.05, 4.69) is 0 Å². The van der Waals surface area contributed by atoms with Gasteiger partial charge in [-0.25, -0.2) is 0 Å². The lowest BCUT2D eigenvalue weighted by molar-refractivity contribution is -0.136. The van der Waals surface area contributed by atoms with Crippen molar-refractivity contribution in [1.29, 1.82) is 0 Å². The van der Waals surface area contributed by atoms with Gasteiger partial charge in [-0.15, -0.1) is 0 Å². The molecule has 2 unspecified atom stereocenters. The summed E-state index contributed by atoms with van der Waals surface area (Å²) in [4.78, 5) is 23.9. The van der Waals surface area contributed by atoms with Gasteiger partial charge < -0.3 is 48.5 Å². The summed E-state index contributed by atoms with van der Waals surface area (Å²) in [6.07, 6.45) is 0.302. The van der Waals surface area contributed by atoms with Gasteiger partial charge in [0.05, 0.1) is 48.4 Å². The highest BCUT2D eigenvalue weighted by molar-refractivity contribution is 5.80. The molecule has 4 aromatic rings. The highest BCUT2D eigenvalue weighted by Crippen LogP contribution is 2.49. The molecular weight excluding hydrogens is 612 g/mol. The van der Waals surface area contributed by atoms with Crippen LogP contribution >= 0.6 is 0 Å². The molecular formula is C35H34O12. The van der Waals surface area contributed by atoms with Crippen molar-refractivity contribution in [3.8, 4) is 57.5 Å². The maximum absolute atomic E-state index is 12.1. The van der Waals surface area contributed by atoms with Gasteiger partial charge in [0.25, 0.3) is 0 Å². The van der Waals surface area contributed by atoms with Crippen molar-refractivity contribution in [2.24, 2.45) is 0 Å². The first-order valence-electron chi connectivity index (χ1n) is 14.4. The van der Waals surface area contributed by atoms with E-state index < -0.39 is 5.97 Å². The molecule has 246 valence electrons. The molecule has 6 rings (SSSR count). The lowest BCUT2D eigenvalue weighted by atomic mass is 9.85. The van der Waals surface area contributed by atoms with Gasteiger partial charge in [0.1, 0.15) is 28.7 Å². The number of carbonyl (C=O) groups excluding carboxylic acids is 2. The van der Waals surface area contributed by atoms with Crippen LogP contribution in [0.3, 0.4) is 0 Å². The second-order valence-electron chi connectivity index (χ2n) is 10.6. The number of phenols is 3. The van der Waals surface area contributed by atoms with Gasteiger partial charge in [-0.2, -0.15) is 0 Å². The fourth-order valence-corrected chi connectivity index (χ4v) is 5.77. The number of methoxy groups -OCH3 is 5. The minimum atomic E-state index is -0.399. The largest absolute Gasteiger partial charge is 0.508 e. The van der Waals surface area contributed by atoms with Crippen molar-refractivity contribution in [3.63, 3.8) is 0 Å². The second-order valence-corrected chi connectivity index (χ2v) is 10.6. The Bertz CT molecular complexity index is 1790. The molecule has 2 heterocycles. The summed E-state index contributed by atoms with van der Waals surface area (Å²) in [5.41, 5.74) is 3.05. The molecule has 0 aliphatic carbocycles. The third kappa shape index (κ3) is 6.62. The van der Waals surface area contributed by atoms with Crippen LogP contribution in [0.15, 0.2) is 60.7 Å². The van der Waals surface area contributed by atoms with E-state index in [9.17, 15) is 24.9 Å². The van der Waals surface area contributed by atoms with Gasteiger partial charge in [0.2, 0.25) is 5.75 Å². The minimum absolute atomic E-state index is 0.0225. The van der Waals surface area contributed by atoms with Crippen molar-refractivity contribution < 1.29 is 58.1 Å². The summed E-state index contributed by atoms with van der Waals surface area (Å²) in [5, 5.41) is 29.2. The van der Waals surface area contributed by atoms with Crippen molar-refractivity contribution in [2.45, 2.75) is 24.7 Å². The first-order valence-corrected chi connectivity index (χ1v) is 14.4. The summed E-state index contributed by atoms with van der Waals surface area (Å²) >= 11 is 0. The van der Waals surface area contributed by atoms with Crippen LogP contribution in [0, 0.1) is 0 Å². The lowest BCUT2D eigenvalue weighted by Crippen LogP contribution is -2.21. The molecule has 0 spiro atoms. The minimum Gasteiger partial charge on any atom is -0.508 e. The maximum Gasteiger partial charge on any atom is 0.312 e. The predicted molar refractivity (Wildman–Crippen MR) is 168 cm³/mol. The van der Waals surface area contributed by atoms with Crippen LogP contribution in [0.4, 0.5) is 0 Å². The van der Waals surface area contributed by atoms with Gasteiger partial charge in [0.15, 0.2) is 23.0 Å². The molecule has 47 heavy (non-hydrogen) atoms. The molecule has 12 nitrogen and oxygen atoms in total. The van der Waals surface area contributed by atoms with Crippen molar-refractivity contribution in [3.05, 3.63) is 82.9 Å². The number of rotatable bonds is 7. The van der Waals surface area contributed by atoms with Crippen LogP contribution in [0.25, 0.3) is 0 Å². The van der Waals surface area contributed by atoms with Crippen molar-refractivity contribution in [2.75, 3.05) is 35.5 Å². The molecule has 0 bridgehead atoms. The number of benzene rings is 4. The van der Waals surface area contributed by atoms with E-state index >= 15 is 0 Å². The van der Waals surface area contributed by atoms with Gasteiger partial charge in [0, 0.05) is 41.2 Å². The Kier molecular flexibility index (Phi) is 9.50. The summed E-state index contributed by atoms with van der Waals surface area (Å²) in [6, 6.07) is 16.2. The standard InChI is InChI=1S/C19H20O7.C16H14O5/c1-22-13-7-11(20)8-14-18(13)12(9-17(21)26-14)10-5-15(23-2)19(25-4)16(6-10)24-3;1-20-14-5-2-9(6-13(14)18)12-8-16(19)21-15-7-10(17)3-4-11(12)15/h5-8,12,20H,9H2,1-4H3;2-7,12,17-18H,8H2,1H3. The second kappa shape index (κ2) is 13.7. The summed E-state index contributed by atoms with van der Waals surface area (Å²) in [6.45, 7) is 0. The average Bonchev–Trinajstić information content (AvgIpc) is 3.06. The third-order valence-electron chi connectivity index (χ3n) is 7.91.